The summed E-state index contributed by atoms with van der Waals surface area (Å²) < 4.78 is 26.0. The van der Waals surface area contributed by atoms with Crippen molar-refractivity contribution in [3.05, 3.63) is 23.3 Å². The normalized spacial score (nSPS) is 31.1. The smallest absolute Gasteiger partial charge is 0.223 e. The number of nitrogens with one attached hydrogen (secondary N) is 1. The summed E-state index contributed by atoms with van der Waals surface area (Å²) in [7, 11) is 1.62. The summed E-state index contributed by atoms with van der Waals surface area (Å²) in [6, 6.07) is 4.05. The van der Waals surface area contributed by atoms with Gasteiger partial charge in [0.25, 0.3) is 0 Å². The fourth-order valence-electron chi connectivity index (χ4n) is 4.92. The maximum atomic E-state index is 14.5. The van der Waals surface area contributed by atoms with Gasteiger partial charge in [-0.3, -0.25) is 4.79 Å². The predicted octanol–water partition coefficient (Wildman–Crippen LogP) is 4.79. The SMILES string of the molecule is CC.CC.COc1ccc2c3c1O[C@@H]1C(F)CCC(C31)[C@@H](NC(=O)C1CC1)C2. The second-order valence-corrected chi connectivity index (χ2v) is 7.63. The number of carbonyl (C=O) groups is 1. The molecule has 3 unspecified atom stereocenters. The van der Waals surface area contributed by atoms with Gasteiger partial charge in [0.1, 0.15) is 12.3 Å². The standard InChI is InChI=1S/C19H22FNO3.2C2H6/c1-23-14-7-4-10-8-13(21-19(22)9-2-3-9)11-5-6-12(20)17-16(11)15(10)18(14)24-17;2*1-2/h4,7,9,11-13,16-17H,2-3,5-6,8H2,1H3,(H,21,22);2*1-2H3/t11?,12?,13-,16?,17+;;/m0../s1. The van der Waals surface area contributed by atoms with E-state index in [1.165, 1.54) is 5.56 Å². The van der Waals surface area contributed by atoms with E-state index in [9.17, 15) is 9.18 Å². The van der Waals surface area contributed by atoms with Gasteiger partial charge in [0, 0.05) is 23.4 Å². The van der Waals surface area contributed by atoms with Crippen molar-refractivity contribution < 1.29 is 18.7 Å². The van der Waals surface area contributed by atoms with Crippen LogP contribution in [0.2, 0.25) is 0 Å². The van der Waals surface area contributed by atoms with Crippen molar-refractivity contribution >= 4 is 5.91 Å². The highest BCUT2D eigenvalue weighted by atomic mass is 19.1. The van der Waals surface area contributed by atoms with Crippen LogP contribution < -0.4 is 14.8 Å². The number of ether oxygens (including phenoxy) is 2. The number of halogens is 1. The van der Waals surface area contributed by atoms with Gasteiger partial charge in [0.2, 0.25) is 5.91 Å². The Morgan fingerprint density at radius 2 is 1.86 bits per heavy atom. The zero-order valence-corrected chi connectivity index (χ0v) is 17.8. The van der Waals surface area contributed by atoms with Crippen molar-refractivity contribution in [3.8, 4) is 11.5 Å². The predicted molar refractivity (Wildman–Crippen MR) is 109 cm³/mol. The Morgan fingerprint density at radius 3 is 2.50 bits per heavy atom. The molecule has 28 heavy (non-hydrogen) atoms. The lowest BCUT2D eigenvalue weighted by Gasteiger charge is -2.43. The first-order valence-corrected chi connectivity index (χ1v) is 11.0. The van der Waals surface area contributed by atoms with E-state index in [2.05, 4.69) is 11.4 Å². The van der Waals surface area contributed by atoms with E-state index in [-0.39, 0.29) is 29.7 Å². The molecule has 1 aliphatic heterocycles. The molecular weight excluding hydrogens is 357 g/mol. The number of rotatable bonds is 3. The van der Waals surface area contributed by atoms with Gasteiger partial charge in [-0.25, -0.2) is 4.39 Å². The first-order valence-electron chi connectivity index (χ1n) is 11.0. The molecule has 0 bridgehead atoms. The topological polar surface area (TPSA) is 47.6 Å². The number of hydrogen-bond donors (Lipinski definition) is 1. The Morgan fingerprint density at radius 1 is 1.14 bits per heavy atom. The zero-order chi connectivity index (χ0) is 20.4. The largest absolute Gasteiger partial charge is 0.493 e. The molecule has 0 saturated heterocycles. The second-order valence-electron chi connectivity index (χ2n) is 7.63. The molecule has 5 heteroatoms. The van der Waals surface area contributed by atoms with Gasteiger partial charge >= 0.3 is 0 Å². The highest BCUT2D eigenvalue weighted by molar-refractivity contribution is 5.81. The Bertz CT molecular complexity index is 703. The third-order valence-corrected chi connectivity index (χ3v) is 6.24. The van der Waals surface area contributed by atoms with E-state index >= 15 is 0 Å². The van der Waals surface area contributed by atoms with Crippen LogP contribution in [0.4, 0.5) is 4.39 Å². The molecule has 0 aromatic heterocycles. The van der Waals surface area contributed by atoms with Crippen LogP contribution in [-0.2, 0) is 11.2 Å². The first kappa shape index (κ1) is 20.9. The summed E-state index contributed by atoms with van der Waals surface area (Å²) in [6.07, 6.45) is 2.73. The fourth-order valence-corrected chi connectivity index (χ4v) is 4.92. The van der Waals surface area contributed by atoms with E-state index in [1.807, 2.05) is 33.8 Å². The number of hydrogen-bond acceptors (Lipinski definition) is 3. The van der Waals surface area contributed by atoms with Gasteiger partial charge < -0.3 is 14.8 Å². The number of amides is 1. The third kappa shape index (κ3) is 3.48. The first-order chi connectivity index (χ1) is 13.7. The van der Waals surface area contributed by atoms with Gasteiger partial charge in [-0.2, -0.15) is 0 Å². The Balaban J connectivity index is 0.000000531. The maximum absolute atomic E-state index is 14.5. The van der Waals surface area contributed by atoms with Gasteiger partial charge in [-0.05, 0) is 49.7 Å². The lowest BCUT2D eigenvalue weighted by molar-refractivity contribution is -0.123. The summed E-state index contributed by atoms with van der Waals surface area (Å²) in [6.45, 7) is 8.00. The van der Waals surface area contributed by atoms with E-state index in [1.54, 1.807) is 7.11 Å². The fraction of sp³-hybridized carbons (Fsp3) is 0.696. The number of alkyl halides is 1. The quantitative estimate of drug-likeness (QED) is 0.806. The maximum Gasteiger partial charge on any atom is 0.223 e. The van der Waals surface area contributed by atoms with Crippen molar-refractivity contribution in [2.45, 2.75) is 84.0 Å². The molecule has 1 aromatic rings. The van der Waals surface area contributed by atoms with Crippen molar-refractivity contribution in [1.29, 1.82) is 0 Å². The molecule has 1 aromatic carbocycles. The average Bonchev–Trinajstić information content (AvgIpc) is 3.51. The minimum absolute atomic E-state index is 0.0344. The second kappa shape index (κ2) is 8.71. The highest BCUT2D eigenvalue weighted by Crippen LogP contribution is 2.57. The van der Waals surface area contributed by atoms with Crippen LogP contribution in [0.3, 0.4) is 0 Å². The van der Waals surface area contributed by atoms with Gasteiger partial charge in [-0.1, -0.05) is 33.8 Å². The molecule has 2 saturated carbocycles. The van der Waals surface area contributed by atoms with Crippen LogP contribution >= 0.6 is 0 Å². The van der Waals surface area contributed by atoms with Gasteiger partial charge in [-0.15, -0.1) is 0 Å². The van der Waals surface area contributed by atoms with Gasteiger partial charge in [0.15, 0.2) is 11.5 Å². The van der Waals surface area contributed by atoms with Crippen molar-refractivity contribution in [2.24, 2.45) is 11.8 Å². The van der Waals surface area contributed by atoms with Crippen LogP contribution in [0.5, 0.6) is 11.5 Å². The third-order valence-electron chi connectivity index (χ3n) is 6.24. The minimum atomic E-state index is -0.950. The van der Waals surface area contributed by atoms with E-state index < -0.39 is 12.3 Å². The molecule has 5 atom stereocenters. The van der Waals surface area contributed by atoms with Crippen LogP contribution in [0.1, 0.15) is 70.4 Å². The summed E-state index contributed by atoms with van der Waals surface area (Å²) in [5, 5.41) is 3.26. The number of carbonyl (C=O) groups excluding carboxylic acids is 1. The van der Waals surface area contributed by atoms with E-state index in [0.29, 0.717) is 12.2 Å². The Labute approximate surface area is 168 Å². The summed E-state index contributed by atoms with van der Waals surface area (Å²) in [5.74, 6) is 2.08. The van der Waals surface area contributed by atoms with Crippen LogP contribution in [-0.4, -0.2) is 31.3 Å². The van der Waals surface area contributed by atoms with Crippen molar-refractivity contribution in [2.75, 3.05) is 7.11 Å². The molecule has 156 valence electrons. The number of methoxy groups -OCH3 is 1. The molecule has 2 fully saturated rings. The molecule has 0 spiro atoms. The molecule has 4 nitrogen and oxygen atoms in total. The summed E-state index contributed by atoms with van der Waals surface area (Å²) >= 11 is 0. The lowest BCUT2D eigenvalue weighted by atomic mass is 9.65. The lowest BCUT2D eigenvalue weighted by Crippen LogP contribution is -2.52. The van der Waals surface area contributed by atoms with Crippen molar-refractivity contribution in [1.82, 2.24) is 5.32 Å². The van der Waals surface area contributed by atoms with E-state index in [0.717, 1.165) is 37.0 Å². The van der Waals surface area contributed by atoms with Crippen LogP contribution in [0, 0.1) is 11.8 Å². The molecule has 1 amide bonds. The zero-order valence-electron chi connectivity index (χ0n) is 17.8. The molecule has 0 radical (unpaired) electrons. The van der Waals surface area contributed by atoms with Crippen LogP contribution in [0.15, 0.2) is 12.1 Å². The molecule has 3 aliphatic carbocycles. The Hall–Kier alpha value is -1.78. The number of benzene rings is 1. The monoisotopic (exact) mass is 391 g/mol. The van der Waals surface area contributed by atoms with Crippen molar-refractivity contribution in [3.63, 3.8) is 0 Å². The summed E-state index contributed by atoms with van der Waals surface area (Å²) in [4.78, 5) is 12.3. The van der Waals surface area contributed by atoms with Crippen LogP contribution in [0.25, 0.3) is 0 Å². The highest BCUT2D eigenvalue weighted by Gasteiger charge is 2.54. The Kier molecular flexibility index (Phi) is 6.51. The molecule has 4 aliphatic rings. The average molecular weight is 392 g/mol. The minimum Gasteiger partial charge on any atom is -0.493 e. The van der Waals surface area contributed by atoms with Gasteiger partial charge in [0.05, 0.1) is 7.11 Å². The van der Waals surface area contributed by atoms with E-state index in [4.69, 9.17) is 9.47 Å². The molecule has 1 N–H and O–H groups in total. The summed E-state index contributed by atoms with van der Waals surface area (Å²) in [5.41, 5.74) is 2.30. The molecule has 1 heterocycles. The molecule has 5 rings (SSSR count). The molecular formula is C23H34FNO3.